The van der Waals surface area contributed by atoms with Crippen LogP contribution >= 0.6 is 0 Å². The molecule has 0 radical (unpaired) electrons. The number of hydrogen-bond donors (Lipinski definition) is 1. The standard InChI is InChI=1S/C13H28N2O/c1-5-12(6-2)10-15(7-3)13(16)9-8-11(4)14/h11-12H,5-10,14H2,1-4H3. The Balaban J connectivity index is 4.10. The molecule has 0 aromatic heterocycles. The molecule has 0 aromatic rings. The van der Waals surface area contributed by atoms with Crippen molar-refractivity contribution < 1.29 is 4.79 Å². The molecule has 1 amide bonds. The van der Waals surface area contributed by atoms with Gasteiger partial charge in [-0.3, -0.25) is 4.79 Å². The minimum absolute atomic E-state index is 0.121. The highest BCUT2D eigenvalue weighted by molar-refractivity contribution is 5.76. The lowest BCUT2D eigenvalue weighted by atomic mass is 10.0. The van der Waals surface area contributed by atoms with Crippen LogP contribution in [-0.4, -0.2) is 29.9 Å². The van der Waals surface area contributed by atoms with Gasteiger partial charge in [0, 0.05) is 25.6 Å². The molecule has 0 rings (SSSR count). The van der Waals surface area contributed by atoms with E-state index in [4.69, 9.17) is 5.73 Å². The molecule has 1 unspecified atom stereocenters. The van der Waals surface area contributed by atoms with E-state index in [1.807, 2.05) is 18.7 Å². The normalized spacial score (nSPS) is 12.9. The number of carbonyl (C=O) groups excluding carboxylic acids is 1. The van der Waals surface area contributed by atoms with Crippen molar-refractivity contribution in [2.24, 2.45) is 11.7 Å². The molecular formula is C13H28N2O. The van der Waals surface area contributed by atoms with Gasteiger partial charge in [-0.05, 0) is 26.2 Å². The van der Waals surface area contributed by atoms with Crippen molar-refractivity contribution in [3.8, 4) is 0 Å². The van der Waals surface area contributed by atoms with E-state index in [1.165, 1.54) is 0 Å². The van der Waals surface area contributed by atoms with Gasteiger partial charge in [-0.1, -0.05) is 26.7 Å². The highest BCUT2D eigenvalue weighted by atomic mass is 16.2. The van der Waals surface area contributed by atoms with Crippen molar-refractivity contribution >= 4 is 5.91 Å². The molecule has 0 fully saturated rings. The fraction of sp³-hybridized carbons (Fsp3) is 0.923. The van der Waals surface area contributed by atoms with Crippen LogP contribution in [0.2, 0.25) is 0 Å². The molecule has 3 heteroatoms. The van der Waals surface area contributed by atoms with Gasteiger partial charge >= 0.3 is 0 Å². The molecular weight excluding hydrogens is 200 g/mol. The summed E-state index contributed by atoms with van der Waals surface area (Å²) in [5.74, 6) is 0.894. The second-order valence-corrected chi connectivity index (χ2v) is 4.63. The summed E-state index contributed by atoms with van der Waals surface area (Å²) in [7, 11) is 0. The van der Waals surface area contributed by atoms with Gasteiger partial charge in [-0.15, -0.1) is 0 Å². The molecule has 0 saturated carbocycles. The number of rotatable bonds is 8. The monoisotopic (exact) mass is 228 g/mol. The molecule has 0 heterocycles. The summed E-state index contributed by atoms with van der Waals surface area (Å²) in [6, 6.07) is 0.121. The van der Waals surface area contributed by atoms with Gasteiger partial charge in [0.25, 0.3) is 0 Å². The number of hydrogen-bond acceptors (Lipinski definition) is 2. The summed E-state index contributed by atoms with van der Waals surface area (Å²) in [5, 5.41) is 0. The first kappa shape index (κ1) is 15.4. The van der Waals surface area contributed by atoms with Crippen LogP contribution in [0.5, 0.6) is 0 Å². The van der Waals surface area contributed by atoms with Crippen LogP contribution in [0.3, 0.4) is 0 Å². The SMILES string of the molecule is CCC(CC)CN(CC)C(=O)CCC(C)N. The maximum Gasteiger partial charge on any atom is 0.222 e. The second kappa shape index (κ2) is 8.57. The average molecular weight is 228 g/mol. The lowest BCUT2D eigenvalue weighted by molar-refractivity contribution is -0.131. The average Bonchev–Trinajstić information content (AvgIpc) is 2.27. The van der Waals surface area contributed by atoms with E-state index in [2.05, 4.69) is 13.8 Å². The number of nitrogens with zero attached hydrogens (tertiary/aromatic N) is 1. The van der Waals surface area contributed by atoms with Crippen molar-refractivity contribution in [1.29, 1.82) is 0 Å². The fourth-order valence-corrected chi connectivity index (χ4v) is 1.78. The maximum absolute atomic E-state index is 11.9. The summed E-state index contributed by atoms with van der Waals surface area (Å²) in [5.41, 5.74) is 5.67. The highest BCUT2D eigenvalue weighted by Gasteiger charge is 2.15. The van der Waals surface area contributed by atoms with Crippen LogP contribution in [-0.2, 0) is 4.79 Å². The molecule has 0 spiro atoms. The van der Waals surface area contributed by atoms with E-state index in [1.54, 1.807) is 0 Å². The maximum atomic E-state index is 11.9. The fourth-order valence-electron chi connectivity index (χ4n) is 1.78. The van der Waals surface area contributed by atoms with Crippen molar-refractivity contribution in [3.05, 3.63) is 0 Å². The predicted molar refractivity (Wildman–Crippen MR) is 69.2 cm³/mol. The van der Waals surface area contributed by atoms with Gasteiger partial charge in [-0.2, -0.15) is 0 Å². The van der Waals surface area contributed by atoms with E-state index < -0.39 is 0 Å². The number of nitrogens with two attached hydrogens (primary N) is 1. The van der Waals surface area contributed by atoms with Crippen molar-refractivity contribution in [1.82, 2.24) is 4.90 Å². The van der Waals surface area contributed by atoms with E-state index in [0.717, 1.165) is 32.4 Å². The van der Waals surface area contributed by atoms with Crippen molar-refractivity contribution in [2.75, 3.05) is 13.1 Å². The lowest BCUT2D eigenvalue weighted by Gasteiger charge is -2.25. The summed E-state index contributed by atoms with van der Waals surface area (Å²) < 4.78 is 0. The molecule has 1 atom stereocenters. The van der Waals surface area contributed by atoms with Crippen LogP contribution in [0.25, 0.3) is 0 Å². The van der Waals surface area contributed by atoms with Crippen LogP contribution in [0, 0.1) is 5.92 Å². The number of carbonyl (C=O) groups is 1. The Kier molecular flexibility index (Phi) is 8.26. The van der Waals surface area contributed by atoms with Crippen molar-refractivity contribution in [2.45, 2.75) is 59.4 Å². The van der Waals surface area contributed by atoms with E-state index in [0.29, 0.717) is 12.3 Å². The minimum atomic E-state index is 0.121. The third-order valence-corrected chi connectivity index (χ3v) is 3.18. The molecule has 0 aliphatic heterocycles. The second-order valence-electron chi connectivity index (χ2n) is 4.63. The summed E-state index contributed by atoms with van der Waals surface area (Å²) in [6.45, 7) is 10.1. The molecule has 0 bridgehead atoms. The molecule has 3 nitrogen and oxygen atoms in total. The predicted octanol–water partition coefficient (Wildman–Crippen LogP) is 2.40. The Morgan fingerprint density at radius 3 is 2.19 bits per heavy atom. The van der Waals surface area contributed by atoms with E-state index >= 15 is 0 Å². The van der Waals surface area contributed by atoms with Crippen LogP contribution < -0.4 is 5.73 Å². The van der Waals surface area contributed by atoms with Crippen LogP contribution in [0.1, 0.15) is 53.4 Å². The minimum Gasteiger partial charge on any atom is -0.343 e. The lowest BCUT2D eigenvalue weighted by Crippen LogP contribution is -2.35. The van der Waals surface area contributed by atoms with Gasteiger partial charge in [0.2, 0.25) is 5.91 Å². The topological polar surface area (TPSA) is 46.3 Å². The van der Waals surface area contributed by atoms with Gasteiger partial charge in [0.05, 0.1) is 0 Å². The smallest absolute Gasteiger partial charge is 0.222 e. The Labute approximate surface area is 100 Å². The van der Waals surface area contributed by atoms with E-state index in [-0.39, 0.29) is 11.9 Å². The Morgan fingerprint density at radius 2 is 1.81 bits per heavy atom. The Morgan fingerprint density at radius 1 is 1.25 bits per heavy atom. The first-order valence-electron chi connectivity index (χ1n) is 6.58. The quantitative estimate of drug-likeness (QED) is 0.693. The summed E-state index contributed by atoms with van der Waals surface area (Å²) >= 11 is 0. The molecule has 16 heavy (non-hydrogen) atoms. The zero-order chi connectivity index (χ0) is 12.6. The Hall–Kier alpha value is -0.570. The number of amides is 1. The van der Waals surface area contributed by atoms with Crippen LogP contribution in [0.15, 0.2) is 0 Å². The summed E-state index contributed by atoms with van der Waals surface area (Å²) in [4.78, 5) is 13.9. The molecule has 96 valence electrons. The first-order valence-corrected chi connectivity index (χ1v) is 6.58. The first-order chi connectivity index (χ1) is 7.54. The van der Waals surface area contributed by atoms with E-state index in [9.17, 15) is 4.79 Å². The molecule has 0 aliphatic rings. The largest absolute Gasteiger partial charge is 0.343 e. The molecule has 0 aliphatic carbocycles. The van der Waals surface area contributed by atoms with Crippen LogP contribution in [0.4, 0.5) is 0 Å². The third-order valence-electron chi connectivity index (χ3n) is 3.18. The zero-order valence-electron chi connectivity index (χ0n) is 11.3. The van der Waals surface area contributed by atoms with Crippen molar-refractivity contribution in [3.63, 3.8) is 0 Å². The van der Waals surface area contributed by atoms with Gasteiger partial charge in [0.15, 0.2) is 0 Å². The third kappa shape index (κ3) is 6.11. The highest BCUT2D eigenvalue weighted by Crippen LogP contribution is 2.11. The van der Waals surface area contributed by atoms with Gasteiger partial charge < -0.3 is 10.6 Å². The van der Waals surface area contributed by atoms with Gasteiger partial charge in [0.1, 0.15) is 0 Å². The molecule has 0 aromatic carbocycles. The molecule has 2 N–H and O–H groups in total. The summed E-state index contributed by atoms with van der Waals surface area (Å²) in [6.07, 6.45) is 3.67. The van der Waals surface area contributed by atoms with Gasteiger partial charge in [-0.25, -0.2) is 0 Å². The Bertz CT molecular complexity index is 188. The zero-order valence-corrected chi connectivity index (χ0v) is 11.3. The molecule has 0 saturated heterocycles.